The van der Waals surface area contributed by atoms with E-state index in [-0.39, 0.29) is 0 Å². The van der Waals surface area contributed by atoms with Gasteiger partial charge in [0, 0.05) is 17.1 Å². The summed E-state index contributed by atoms with van der Waals surface area (Å²) in [5, 5.41) is 7.28. The molecule has 0 saturated carbocycles. The van der Waals surface area contributed by atoms with Gasteiger partial charge in [0.15, 0.2) is 0 Å². The van der Waals surface area contributed by atoms with Crippen molar-refractivity contribution in [3.05, 3.63) is 39.8 Å². The molecule has 1 aliphatic heterocycles. The third-order valence-corrected chi connectivity index (χ3v) is 6.83. The first-order valence-electron chi connectivity index (χ1n) is 9.92. The van der Waals surface area contributed by atoms with Gasteiger partial charge in [-0.2, -0.15) is 0 Å². The van der Waals surface area contributed by atoms with Gasteiger partial charge in [0.05, 0.1) is 0 Å². The number of nitrogens with one attached hydrogen (secondary N) is 3. The van der Waals surface area contributed by atoms with Crippen LogP contribution in [0.25, 0.3) is 0 Å². The molecule has 1 fully saturated rings. The monoisotopic (exact) mass is 389 g/mol. The summed E-state index contributed by atoms with van der Waals surface area (Å²) in [5.74, 6) is 0. The highest BCUT2D eigenvalue weighted by Gasteiger charge is 2.25. The predicted octanol–water partition coefficient (Wildman–Crippen LogP) is 2.77. The van der Waals surface area contributed by atoms with E-state index in [4.69, 9.17) is 0 Å². The van der Waals surface area contributed by atoms with Crippen molar-refractivity contribution < 1.29 is 13.2 Å². The zero-order valence-electron chi connectivity index (χ0n) is 15.5. The van der Waals surface area contributed by atoms with E-state index in [0.717, 1.165) is 69.0 Å². The molecule has 2 amide bonds. The van der Waals surface area contributed by atoms with Gasteiger partial charge in [0.2, 0.25) is 0 Å². The van der Waals surface area contributed by atoms with E-state index in [9.17, 15) is 13.2 Å². The van der Waals surface area contributed by atoms with Crippen molar-refractivity contribution in [2.45, 2.75) is 63.8 Å². The molecule has 0 bridgehead atoms. The number of amides is 2. The molecule has 0 aromatic heterocycles. The molecule has 1 aromatic carbocycles. The Morgan fingerprint density at radius 3 is 2.44 bits per heavy atom. The van der Waals surface area contributed by atoms with Gasteiger partial charge in [-0.15, -0.1) is 0 Å². The highest BCUT2D eigenvalue weighted by Crippen LogP contribution is 2.38. The number of rotatable bonds is 5. The van der Waals surface area contributed by atoms with E-state index in [1.54, 1.807) is 6.08 Å². The van der Waals surface area contributed by atoms with Crippen molar-refractivity contribution in [3.8, 4) is 0 Å². The van der Waals surface area contributed by atoms with Gasteiger partial charge >= 0.3 is 6.03 Å². The average molecular weight is 390 g/mol. The molecular weight excluding hydrogens is 362 g/mol. The first-order valence-corrected chi connectivity index (χ1v) is 11.5. The van der Waals surface area contributed by atoms with E-state index >= 15 is 0 Å². The summed E-state index contributed by atoms with van der Waals surface area (Å²) in [4.78, 5) is 12.4. The molecule has 1 aromatic rings. The number of urea groups is 1. The van der Waals surface area contributed by atoms with Crippen LogP contribution >= 0.6 is 0 Å². The van der Waals surface area contributed by atoms with E-state index in [1.807, 2.05) is 0 Å². The first kappa shape index (κ1) is 18.5. The second kappa shape index (κ2) is 7.64. The minimum atomic E-state index is -3.79. The normalized spacial score (nSPS) is 21.4. The lowest BCUT2D eigenvalue weighted by Gasteiger charge is -2.16. The van der Waals surface area contributed by atoms with Gasteiger partial charge < -0.3 is 10.6 Å². The topological polar surface area (TPSA) is 87.3 Å². The van der Waals surface area contributed by atoms with Crippen LogP contribution in [0.15, 0.2) is 17.6 Å². The number of carbonyl (C=O) groups excluding carboxylic acids is 1. The van der Waals surface area contributed by atoms with Crippen molar-refractivity contribution in [2.24, 2.45) is 0 Å². The van der Waals surface area contributed by atoms with Gasteiger partial charge in [-0.25, -0.2) is 17.9 Å². The van der Waals surface area contributed by atoms with Gasteiger partial charge in [0.1, 0.15) is 0 Å². The van der Waals surface area contributed by atoms with E-state index in [1.165, 1.54) is 22.3 Å². The lowest BCUT2D eigenvalue weighted by molar-refractivity contribution is 0.256. The Bertz CT molecular complexity index is 839. The van der Waals surface area contributed by atoms with Crippen molar-refractivity contribution >= 4 is 21.7 Å². The maximum atomic E-state index is 12.4. The SMILES string of the molecule is O=C(Nc1c2c(cc3c1CCC3)CCC2)NS(=O)(=O)/C=C/C[C@H]1CCCN1. The second-order valence-electron chi connectivity index (χ2n) is 7.74. The number of benzene rings is 1. The van der Waals surface area contributed by atoms with Gasteiger partial charge in [-0.3, -0.25) is 0 Å². The Kier molecular flexibility index (Phi) is 5.23. The molecule has 7 heteroatoms. The Morgan fingerprint density at radius 1 is 1.11 bits per heavy atom. The molecule has 0 spiro atoms. The van der Waals surface area contributed by atoms with E-state index in [2.05, 4.69) is 21.4 Å². The summed E-state index contributed by atoms with van der Waals surface area (Å²) in [5.41, 5.74) is 5.83. The molecule has 27 heavy (non-hydrogen) atoms. The number of fused-ring (bicyclic) bond motifs is 2. The lowest BCUT2D eigenvalue weighted by Crippen LogP contribution is -2.33. The highest BCUT2D eigenvalue weighted by atomic mass is 32.2. The van der Waals surface area contributed by atoms with Crippen LogP contribution in [0.2, 0.25) is 0 Å². The van der Waals surface area contributed by atoms with Gasteiger partial charge in [-0.1, -0.05) is 12.1 Å². The zero-order chi connectivity index (χ0) is 18.9. The molecule has 146 valence electrons. The lowest BCUT2D eigenvalue weighted by atomic mass is 9.99. The molecular formula is C20H27N3O3S. The molecule has 1 atom stereocenters. The number of aryl methyl sites for hydroxylation is 2. The maximum absolute atomic E-state index is 12.4. The van der Waals surface area contributed by atoms with Crippen LogP contribution in [-0.4, -0.2) is 27.0 Å². The average Bonchev–Trinajstić information content (AvgIpc) is 3.34. The Hall–Kier alpha value is -1.86. The summed E-state index contributed by atoms with van der Waals surface area (Å²) in [6.07, 6.45) is 10.6. The summed E-state index contributed by atoms with van der Waals surface area (Å²) in [6.45, 7) is 0.984. The molecule has 3 aliphatic rings. The molecule has 2 aliphatic carbocycles. The van der Waals surface area contributed by atoms with Crippen LogP contribution in [0.3, 0.4) is 0 Å². The summed E-state index contributed by atoms with van der Waals surface area (Å²) in [6, 6.07) is 1.94. The number of anilines is 1. The van der Waals surface area contributed by atoms with Crippen LogP contribution in [0.4, 0.5) is 10.5 Å². The predicted molar refractivity (Wildman–Crippen MR) is 106 cm³/mol. The fourth-order valence-electron chi connectivity index (χ4n) is 4.57. The van der Waals surface area contributed by atoms with Crippen LogP contribution in [0.1, 0.15) is 54.4 Å². The van der Waals surface area contributed by atoms with E-state index in [0.29, 0.717) is 12.5 Å². The summed E-state index contributed by atoms with van der Waals surface area (Å²) >= 11 is 0. The van der Waals surface area contributed by atoms with Gasteiger partial charge in [0.25, 0.3) is 10.0 Å². The smallest absolute Gasteiger partial charge is 0.314 e. The quantitative estimate of drug-likeness (QED) is 0.723. The fraction of sp³-hybridized carbons (Fsp3) is 0.550. The number of carbonyl (C=O) groups is 1. The Morgan fingerprint density at radius 2 is 1.81 bits per heavy atom. The molecule has 1 saturated heterocycles. The van der Waals surface area contributed by atoms with Crippen LogP contribution < -0.4 is 15.4 Å². The Balaban J connectivity index is 1.43. The standard InChI is InChI=1S/C20H27N3O3S/c24-20(23-27(25,26)12-4-8-16-7-3-11-21-16)22-19-17-9-1-5-14(17)13-15-6-2-10-18(15)19/h4,12-13,16,21H,1-3,5-11H2,(H2,22,23,24)/b12-4+/t16-/m1/s1. The Labute approximate surface area is 160 Å². The molecule has 3 N–H and O–H groups in total. The maximum Gasteiger partial charge on any atom is 0.333 e. The van der Waals surface area contributed by atoms with E-state index < -0.39 is 16.1 Å². The number of hydrogen-bond acceptors (Lipinski definition) is 4. The van der Waals surface area contributed by atoms with Crippen LogP contribution in [-0.2, 0) is 35.7 Å². The third-order valence-electron chi connectivity index (χ3n) is 5.80. The minimum absolute atomic E-state index is 0.333. The third kappa shape index (κ3) is 4.19. The minimum Gasteiger partial charge on any atom is -0.314 e. The van der Waals surface area contributed by atoms with Gasteiger partial charge in [-0.05, 0) is 86.6 Å². The molecule has 0 unspecified atom stereocenters. The number of sulfonamides is 1. The second-order valence-corrected chi connectivity index (χ2v) is 9.30. The van der Waals surface area contributed by atoms with Crippen molar-refractivity contribution in [2.75, 3.05) is 11.9 Å². The van der Waals surface area contributed by atoms with Crippen LogP contribution in [0.5, 0.6) is 0 Å². The molecule has 6 nitrogen and oxygen atoms in total. The van der Waals surface area contributed by atoms with Crippen molar-refractivity contribution in [3.63, 3.8) is 0 Å². The largest absolute Gasteiger partial charge is 0.333 e. The first-order chi connectivity index (χ1) is 13.0. The number of hydrogen-bond donors (Lipinski definition) is 3. The molecule has 4 rings (SSSR count). The van der Waals surface area contributed by atoms with Crippen molar-refractivity contribution in [1.29, 1.82) is 0 Å². The zero-order valence-corrected chi connectivity index (χ0v) is 16.3. The summed E-state index contributed by atoms with van der Waals surface area (Å²) in [7, 11) is -3.79. The molecule has 0 radical (unpaired) electrons. The highest BCUT2D eigenvalue weighted by molar-refractivity contribution is 7.92. The summed E-state index contributed by atoms with van der Waals surface area (Å²) < 4.78 is 26.5. The molecule has 1 heterocycles. The van der Waals surface area contributed by atoms with Crippen LogP contribution in [0, 0.1) is 0 Å². The fourth-order valence-corrected chi connectivity index (χ4v) is 5.32. The van der Waals surface area contributed by atoms with Crippen molar-refractivity contribution in [1.82, 2.24) is 10.0 Å².